The first kappa shape index (κ1) is 14.4. The van der Waals surface area contributed by atoms with E-state index in [1.807, 2.05) is 4.90 Å². The number of hydrogen-bond acceptors (Lipinski definition) is 2. The van der Waals surface area contributed by atoms with E-state index in [-0.39, 0.29) is 23.2 Å². The molecule has 4 heteroatoms. The molecule has 2 rings (SSSR count). The molecule has 0 bridgehead atoms. The highest BCUT2D eigenvalue weighted by Crippen LogP contribution is 2.45. The first-order valence-corrected chi connectivity index (χ1v) is 7.32. The summed E-state index contributed by atoms with van der Waals surface area (Å²) in [7, 11) is 0. The van der Waals surface area contributed by atoms with Crippen molar-refractivity contribution in [3.05, 3.63) is 0 Å². The number of hydrogen-bond donors (Lipinski definition) is 1. The number of likely N-dealkylation sites (tertiary alicyclic amines) is 1. The van der Waals surface area contributed by atoms with Gasteiger partial charge in [0.2, 0.25) is 5.91 Å². The summed E-state index contributed by atoms with van der Waals surface area (Å²) >= 11 is 0. The van der Waals surface area contributed by atoms with Crippen molar-refractivity contribution in [2.24, 2.45) is 10.8 Å². The van der Waals surface area contributed by atoms with Crippen LogP contribution in [0.15, 0.2) is 0 Å². The van der Waals surface area contributed by atoms with Gasteiger partial charge in [-0.3, -0.25) is 9.59 Å². The van der Waals surface area contributed by atoms with Crippen LogP contribution in [0.3, 0.4) is 0 Å². The van der Waals surface area contributed by atoms with E-state index < -0.39 is 5.97 Å². The van der Waals surface area contributed by atoms with Crippen LogP contribution in [0.1, 0.15) is 58.8 Å². The third-order valence-corrected chi connectivity index (χ3v) is 4.75. The van der Waals surface area contributed by atoms with Gasteiger partial charge in [0.25, 0.3) is 0 Å². The predicted molar refractivity (Wildman–Crippen MR) is 72.7 cm³/mol. The minimum atomic E-state index is -0.767. The van der Waals surface area contributed by atoms with E-state index in [0.29, 0.717) is 6.42 Å². The zero-order valence-electron chi connectivity index (χ0n) is 12.1. The minimum absolute atomic E-state index is 0.149. The van der Waals surface area contributed by atoms with E-state index in [1.54, 1.807) is 0 Å². The van der Waals surface area contributed by atoms with Gasteiger partial charge < -0.3 is 10.0 Å². The van der Waals surface area contributed by atoms with Crippen molar-refractivity contribution in [3.63, 3.8) is 0 Å². The van der Waals surface area contributed by atoms with E-state index >= 15 is 0 Å². The van der Waals surface area contributed by atoms with Crippen LogP contribution >= 0.6 is 0 Å². The monoisotopic (exact) mass is 267 g/mol. The van der Waals surface area contributed by atoms with Gasteiger partial charge in [-0.15, -0.1) is 0 Å². The van der Waals surface area contributed by atoms with Crippen molar-refractivity contribution in [1.82, 2.24) is 4.90 Å². The largest absolute Gasteiger partial charge is 0.481 e. The summed E-state index contributed by atoms with van der Waals surface area (Å²) < 4.78 is 0. The van der Waals surface area contributed by atoms with Crippen molar-refractivity contribution >= 4 is 11.9 Å². The Bertz CT molecular complexity index is 370. The number of nitrogens with zero attached hydrogens (tertiary/aromatic N) is 1. The van der Waals surface area contributed by atoms with Crippen LogP contribution in [0, 0.1) is 10.8 Å². The lowest BCUT2D eigenvalue weighted by Gasteiger charge is -2.29. The number of aliphatic carboxylic acids is 1. The Morgan fingerprint density at radius 2 is 1.74 bits per heavy atom. The summed E-state index contributed by atoms with van der Waals surface area (Å²) in [6, 6.07) is 0. The molecule has 1 aliphatic heterocycles. The average molecular weight is 267 g/mol. The fourth-order valence-corrected chi connectivity index (χ4v) is 3.62. The fraction of sp³-hybridized carbons (Fsp3) is 0.867. The lowest BCUT2D eigenvalue weighted by Crippen LogP contribution is -2.35. The Morgan fingerprint density at radius 1 is 1.11 bits per heavy atom. The topological polar surface area (TPSA) is 57.6 Å². The second kappa shape index (κ2) is 5.14. The maximum absolute atomic E-state index is 12.4. The molecule has 108 valence electrons. The number of carbonyl (C=O) groups is 2. The predicted octanol–water partition coefficient (Wildman–Crippen LogP) is 2.67. The van der Waals surface area contributed by atoms with Crippen LogP contribution in [0.4, 0.5) is 0 Å². The van der Waals surface area contributed by atoms with E-state index in [0.717, 1.165) is 45.2 Å². The SMILES string of the molecule is CC1(C)CCN(C(=O)CC2(CC(=O)O)CCCC2)C1. The van der Waals surface area contributed by atoms with Crippen LogP contribution in [-0.2, 0) is 9.59 Å². The molecule has 0 radical (unpaired) electrons. The Labute approximate surface area is 115 Å². The van der Waals surface area contributed by atoms with Gasteiger partial charge in [-0.2, -0.15) is 0 Å². The molecule has 0 aromatic rings. The van der Waals surface area contributed by atoms with Crippen LogP contribution in [0.2, 0.25) is 0 Å². The minimum Gasteiger partial charge on any atom is -0.481 e. The molecule has 1 amide bonds. The van der Waals surface area contributed by atoms with Crippen LogP contribution < -0.4 is 0 Å². The number of carboxylic acids is 1. The summed E-state index contributed by atoms with van der Waals surface area (Å²) in [5.74, 6) is -0.606. The molecule has 2 fully saturated rings. The second-order valence-corrected chi connectivity index (χ2v) is 7.18. The summed E-state index contributed by atoms with van der Waals surface area (Å²) in [5, 5.41) is 9.08. The van der Waals surface area contributed by atoms with E-state index in [2.05, 4.69) is 13.8 Å². The van der Waals surface area contributed by atoms with E-state index in [1.165, 1.54) is 0 Å². The third kappa shape index (κ3) is 3.48. The molecule has 1 saturated heterocycles. The van der Waals surface area contributed by atoms with Crippen molar-refractivity contribution in [3.8, 4) is 0 Å². The van der Waals surface area contributed by atoms with Crippen molar-refractivity contribution in [2.75, 3.05) is 13.1 Å². The standard InChI is InChI=1S/C15H25NO3/c1-14(2)7-8-16(11-14)12(17)9-15(10-13(18)19)5-3-4-6-15/h3-11H2,1-2H3,(H,18,19). The molecule has 0 unspecified atom stereocenters. The van der Waals surface area contributed by atoms with Gasteiger partial charge in [-0.25, -0.2) is 0 Å². The molecule has 1 N–H and O–H groups in total. The van der Waals surface area contributed by atoms with Crippen LogP contribution in [0.5, 0.6) is 0 Å². The molecule has 0 spiro atoms. The Kier molecular flexibility index (Phi) is 3.88. The van der Waals surface area contributed by atoms with Gasteiger partial charge in [-0.05, 0) is 30.1 Å². The van der Waals surface area contributed by atoms with Gasteiger partial charge >= 0.3 is 5.97 Å². The second-order valence-electron chi connectivity index (χ2n) is 7.18. The Hall–Kier alpha value is -1.06. The number of rotatable bonds is 4. The molecule has 4 nitrogen and oxygen atoms in total. The molecule has 1 saturated carbocycles. The van der Waals surface area contributed by atoms with Crippen LogP contribution in [-0.4, -0.2) is 35.0 Å². The highest BCUT2D eigenvalue weighted by atomic mass is 16.4. The Morgan fingerprint density at radius 3 is 2.21 bits per heavy atom. The Balaban J connectivity index is 1.98. The van der Waals surface area contributed by atoms with Crippen LogP contribution in [0.25, 0.3) is 0 Å². The number of amides is 1. The summed E-state index contributed by atoms with van der Waals surface area (Å²) in [4.78, 5) is 25.4. The smallest absolute Gasteiger partial charge is 0.303 e. The third-order valence-electron chi connectivity index (χ3n) is 4.75. The summed E-state index contributed by atoms with van der Waals surface area (Å²) in [5.41, 5.74) is -0.0546. The van der Waals surface area contributed by atoms with Gasteiger partial charge in [0.05, 0.1) is 6.42 Å². The summed E-state index contributed by atoms with van der Waals surface area (Å²) in [6.07, 6.45) is 5.53. The normalized spacial score (nSPS) is 24.6. The van der Waals surface area contributed by atoms with E-state index in [4.69, 9.17) is 5.11 Å². The number of carboxylic acid groups (broad SMARTS) is 1. The van der Waals surface area contributed by atoms with Crippen molar-refractivity contribution in [2.45, 2.75) is 58.8 Å². The van der Waals surface area contributed by atoms with Gasteiger partial charge in [0.15, 0.2) is 0 Å². The molecule has 2 aliphatic rings. The zero-order valence-corrected chi connectivity index (χ0v) is 12.1. The van der Waals surface area contributed by atoms with Crippen molar-refractivity contribution in [1.29, 1.82) is 0 Å². The highest BCUT2D eigenvalue weighted by Gasteiger charge is 2.40. The zero-order chi connectivity index (χ0) is 14.1. The molecular weight excluding hydrogens is 242 g/mol. The molecule has 0 atom stereocenters. The molecule has 19 heavy (non-hydrogen) atoms. The van der Waals surface area contributed by atoms with Gasteiger partial charge in [0.1, 0.15) is 0 Å². The maximum atomic E-state index is 12.4. The lowest BCUT2D eigenvalue weighted by atomic mass is 9.79. The number of carbonyl (C=O) groups excluding carboxylic acids is 1. The first-order valence-electron chi connectivity index (χ1n) is 7.32. The molecule has 1 aliphatic carbocycles. The quantitative estimate of drug-likeness (QED) is 0.852. The molecule has 0 aromatic heterocycles. The van der Waals surface area contributed by atoms with Gasteiger partial charge in [0, 0.05) is 19.5 Å². The average Bonchev–Trinajstić information content (AvgIpc) is 2.84. The van der Waals surface area contributed by atoms with E-state index in [9.17, 15) is 9.59 Å². The molecule has 1 heterocycles. The maximum Gasteiger partial charge on any atom is 0.303 e. The fourth-order valence-electron chi connectivity index (χ4n) is 3.62. The lowest BCUT2D eigenvalue weighted by molar-refractivity contribution is -0.141. The molecule has 0 aromatic carbocycles. The van der Waals surface area contributed by atoms with Gasteiger partial charge in [-0.1, -0.05) is 26.7 Å². The highest BCUT2D eigenvalue weighted by molar-refractivity contribution is 5.78. The van der Waals surface area contributed by atoms with Crippen molar-refractivity contribution < 1.29 is 14.7 Å². The summed E-state index contributed by atoms with van der Waals surface area (Å²) in [6.45, 7) is 6.01. The molecular formula is C15H25NO3. The first-order chi connectivity index (χ1) is 8.82.